The maximum atomic E-state index is 12.3. The zero-order valence-corrected chi connectivity index (χ0v) is 23.5. The molecule has 4 aliphatic carbocycles. The summed E-state index contributed by atoms with van der Waals surface area (Å²) in [7, 11) is -4.07. The van der Waals surface area contributed by atoms with Gasteiger partial charge in [0.15, 0.2) is 0 Å². The Kier molecular flexibility index (Phi) is 8.23. The lowest BCUT2D eigenvalue weighted by Gasteiger charge is -2.64. The molecule has 0 aromatic heterocycles. The standard InChI is InChI=1S/C28H49NO6S/c1-5-19-23-16-18(30)10-12-28(23,4)22-11-13-27(3)20(7-8-21(27)25(22)26(19)32)17(2)6-9-24(31)29-14-15-36(33,34)35/h17-23,25-26,30,32H,5-16H2,1-4H3,(H,29,31)(H,33,34,35)/t17-,18-,19-,20?,21?,22?,23+,25?,26-,27-,28-/m1/s1. The SMILES string of the molecule is CC[C@H]1[C@@H](O)C2C3CCC([C@H](C)CCC(=O)NCCS(=O)(=O)O)[C@@]3(C)CCC2[C@@]2(C)CC[C@@H](O)C[C@@H]12. The zero-order valence-electron chi connectivity index (χ0n) is 22.7. The van der Waals surface area contributed by atoms with Gasteiger partial charge in [-0.2, -0.15) is 8.42 Å². The molecule has 4 unspecified atom stereocenters. The molecule has 0 aromatic carbocycles. The molecule has 7 nitrogen and oxygen atoms in total. The molecule has 0 spiro atoms. The van der Waals surface area contributed by atoms with Crippen LogP contribution in [0.3, 0.4) is 0 Å². The van der Waals surface area contributed by atoms with Crippen molar-refractivity contribution in [1.29, 1.82) is 0 Å². The van der Waals surface area contributed by atoms with Gasteiger partial charge < -0.3 is 15.5 Å². The number of hydrogen-bond acceptors (Lipinski definition) is 5. The maximum Gasteiger partial charge on any atom is 0.266 e. The molecule has 0 aromatic rings. The van der Waals surface area contributed by atoms with Gasteiger partial charge in [-0.1, -0.05) is 34.1 Å². The van der Waals surface area contributed by atoms with E-state index in [1.807, 2.05) is 0 Å². The Morgan fingerprint density at radius 3 is 2.36 bits per heavy atom. The second kappa shape index (κ2) is 10.5. The average molecular weight is 528 g/mol. The van der Waals surface area contributed by atoms with Gasteiger partial charge in [0.05, 0.1) is 18.0 Å². The molecule has 4 fully saturated rings. The molecule has 208 valence electrons. The van der Waals surface area contributed by atoms with Crippen molar-refractivity contribution in [2.75, 3.05) is 12.3 Å². The zero-order chi connectivity index (χ0) is 26.5. The molecule has 0 aliphatic heterocycles. The summed E-state index contributed by atoms with van der Waals surface area (Å²) in [6, 6.07) is 0. The van der Waals surface area contributed by atoms with Gasteiger partial charge >= 0.3 is 0 Å². The predicted octanol–water partition coefficient (Wildman–Crippen LogP) is 4.03. The van der Waals surface area contributed by atoms with Crippen molar-refractivity contribution >= 4 is 16.0 Å². The van der Waals surface area contributed by atoms with Crippen LogP contribution in [0.15, 0.2) is 0 Å². The Balaban J connectivity index is 1.44. The smallest absolute Gasteiger partial charge is 0.266 e. The quantitative estimate of drug-likeness (QED) is 0.353. The predicted molar refractivity (Wildman–Crippen MR) is 140 cm³/mol. The van der Waals surface area contributed by atoms with E-state index in [4.69, 9.17) is 4.55 Å². The van der Waals surface area contributed by atoms with Gasteiger partial charge in [0, 0.05) is 13.0 Å². The van der Waals surface area contributed by atoms with Crippen LogP contribution in [0, 0.1) is 52.3 Å². The third-order valence-electron chi connectivity index (χ3n) is 11.7. The van der Waals surface area contributed by atoms with Crippen molar-refractivity contribution in [2.45, 2.75) is 104 Å². The Labute approximate surface area is 217 Å². The molecule has 4 aliphatic rings. The Hall–Kier alpha value is -0.700. The van der Waals surface area contributed by atoms with Crippen LogP contribution in [0.1, 0.15) is 91.9 Å². The molecule has 0 radical (unpaired) electrons. The lowest BCUT2D eigenvalue weighted by Crippen LogP contribution is -2.62. The van der Waals surface area contributed by atoms with Gasteiger partial charge in [0.25, 0.3) is 10.1 Å². The largest absolute Gasteiger partial charge is 0.393 e. The summed E-state index contributed by atoms with van der Waals surface area (Å²) < 4.78 is 30.6. The molecule has 0 saturated heterocycles. The minimum Gasteiger partial charge on any atom is -0.393 e. The first kappa shape index (κ1) is 28.3. The third-order valence-corrected chi connectivity index (χ3v) is 12.4. The van der Waals surface area contributed by atoms with Gasteiger partial charge in [0.1, 0.15) is 0 Å². The first-order chi connectivity index (χ1) is 16.8. The van der Waals surface area contributed by atoms with E-state index in [0.29, 0.717) is 41.9 Å². The van der Waals surface area contributed by atoms with E-state index in [1.54, 1.807) is 0 Å². The minimum atomic E-state index is -4.07. The number of aliphatic hydroxyl groups excluding tert-OH is 2. The van der Waals surface area contributed by atoms with Gasteiger partial charge in [0.2, 0.25) is 5.91 Å². The summed E-state index contributed by atoms with van der Waals surface area (Å²) >= 11 is 0. The first-order valence-corrected chi connectivity index (χ1v) is 16.0. The van der Waals surface area contributed by atoms with Crippen LogP contribution in [0.5, 0.6) is 0 Å². The second-order valence-electron chi connectivity index (χ2n) is 13.3. The summed E-state index contributed by atoms with van der Waals surface area (Å²) in [6.07, 6.45) is 8.95. The van der Waals surface area contributed by atoms with Crippen molar-refractivity contribution in [3.63, 3.8) is 0 Å². The van der Waals surface area contributed by atoms with Crippen molar-refractivity contribution < 1.29 is 28.0 Å². The van der Waals surface area contributed by atoms with E-state index in [9.17, 15) is 23.4 Å². The molecule has 8 heteroatoms. The molecule has 0 heterocycles. The maximum absolute atomic E-state index is 12.3. The van der Waals surface area contributed by atoms with Gasteiger partial charge in [-0.3, -0.25) is 9.35 Å². The molecule has 36 heavy (non-hydrogen) atoms. The van der Waals surface area contributed by atoms with E-state index in [0.717, 1.165) is 51.4 Å². The molecule has 11 atom stereocenters. The molecular weight excluding hydrogens is 478 g/mol. The molecule has 4 N–H and O–H groups in total. The number of fused-ring (bicyclic) bond motifs is 5. The highest BCUT2D eigenvalue weighted by Gasteiger charge is 2.64. The Morgan fingerprint density at radius 2 is 1.69 bits per heavy atom. The molecule has 1 amide bonds. The molecule has 4 saturated carbocycles. The topological polar surface area (TPSA) is 124 Å². The van der Waals surface area contributed by atoms with Crippen molar-refractivity contribution in [2.24, 2.45) is 52.3 Å². The van der Waals surface area contributed by atoms with E-state index in [1.165, 1.54) is 6.42 Å². The average Bonchev–Trinajstić information content (AvgIpc) is 3.15. The summed E-state index contributed by atoms with van der Waals surface area (Å²) in [4.78, 5) is 12.3. The lowest BCUT2D eigenvalue weighted by molar-refractivity contribution is -0.203. The number of carbonyl (C=O) groups is 1. The van der Waals surface area contributed by atoms with E-state index >= 15 is 0 Å². The highest BCUT2D eigenvalue weighted by Crippen LogP contribution is 2.69. The summed E-state index contributed by atoms with van der Waals surface area (Å²) in [5.41, 5.74) is 0.369. The van der Waals surface area contributed by atoms with Crippen molar-refractivity contribution in [1.82, 2.24) is 5.32 Å². The van der Waals surface area contributed by atoms with E-state index < -0.39 is 15.9 Å². The summed E-state index contributed by atoms with van der Waals surface area (Å²) in [6.45, 7) is 9.31. The van der Waals surface area contributed by atoms with Gasteiger partial charge in [-0.15, -0.1) is 0 Å². The summed E-state index contributed by atoms with van der Waals surface area (Å²) in [5, 5.41) is 24.9. The van der Waals surface area contributed by atoms with Gasteiger partial charge in [-0.05, 0) is 104 Å². The van der Waals surface area contributed by atoms with Gasteiger partial charge in [-0.25, -0.2) is 0 Å². The van der Waals surface area contributed by atoms with Crippen molar-refractivity contribution in [3.8, 4) is 0 Å². The fraction of sp³-hybridized carbons (Fsp3) is 0.964. The fourth-order valence-corrected chi connectivity index (χ4v) is 10.3. The second-order valence-corrected chi connectivity index (χ2v) is 14.8. The van der Waals surface area contributed by atoms with Crippen LogP contribution in [-0.2, 0) is 14.9 Å². The van der Waals surface area contributed by atoms with Crippen LogP contribution in [0.25, 0.3) is 0 Å². The van der Waals surface area contributed by atoms with E-state index in [-0.39, 0.29) is 41.4 Å². The van der Waals surface area contributed by atoms with Crippen LogP contribution >= 0.6 is 0 Å². The van der Waals surface area contributed by atoms with Crippen LogP contribution < -0.4 is 5.32 Å². The molecular formula is C28H49NO6S. The minimum absolute atomic E-state index is 0.0639. The molecule has 4 rings (SSSR count). The number of carbonyl (C=O) groups excluding carboxylic acids is 1. The van der Waals surface area contributed by atoms with Crippen molar-refractivity contribution in [3.05, 3.63) is 0 Å². The number of nitrogens with one attached hydrogen (secondary N) is 1. The molecule has 0 bridgehead atoms. The fourth-order valence-electron chi connectivity index (χ4n) is 9.90. The highest BCUT2D eigenvalue weighted by atomic mass is 32.2. The first-order valence-electron chi connectivity index (χ1n) is 14.4. The lowest BCUT2D eigenvalue weighted by atomic mass is 9.41. The van der Waals surface area contributed by atoms with E-state index in [2.05, 4.69) is 33.0 Å². The normalized spacial score (nSPS) is 45.3. The Bertz CT molecular complexity index is 910. The van der Waals surface area contributed by atoms with Crippen LogP contribution in [0.2, 0.25) is 0 Å². The highest BCUT2D eigenvalue weighted by molar-refractivity contribution is 7.85. The number of hydrogen-bond donors (Lipinski definition) is 4. The third kappa shape index (κ3) is 5.13. The van der Waals surface area contributed by atoms with Crippen LogP contribution in [0.4, 0.5) is 0 Å². The number of amides is 1. The monoisotopic (exact) mass is 527 g/mol. The number of rotatable bonds is 8. The summed E-state index contributed by atoms with van der Waals surface area (Å²) in [5.74, 6) is 2.28. The Morgan fingerprint density at radius 1 is 1.03 bits per heavy atom. The van der Waals surface area contributed by atoms with Crippen LogP contribution in [-0.4, -0.2) is 53.6 Å². The number of aliphatic hydroxyl groups is 2.